The van der Waals surface area contributed by atoms with Gasteiger partial charge in [0.1, 0.15) is 17.8 Å². The zero-order chi connectivity index (χ0) is 13.8. The third-order valence-corrected chi connectivity index (χ3v) is 2.29. The quantitative estimate of drug-likeness (QED) is 0.511. The zero-order valence-electron chi connectivity index (χ0n) is 9.61. The minimum Gasteiger partial charge on any atom is -0.436 e. The fraction of sp³-hybridized carbons (Fsp3) is 0. The maximum Gasteiger partial charge on any atom is 0.289 e. The molecule has 0 atom stereocenters. The molecule has 0 amide bonds. The standard InChI is InChI=1S/C12H8N4O3/c13-6-8-5-9(16(17)18)7-15-12(8)19-11-4-2-1-3-10(11)14/h1-5,7H,14H2. The van der Waals surface area contributed by atoms with E-state index >= 15 is 0 Å². The number of nitriles is 1. The number of para-hydroxylation sites is 2. The third kappa shape index (κ3) is 2.58. The lowest BCUT2D eigenvalue weighted by atomic mass is 10.2. The summed E-state index contributed by atoms with van der Waals surface area (Å²) in [5.74, 6) is 0.311. The van der Waals surface area contributed by atoms with E-state index in [2.05, 4.69) is 4.98 Å². The van der Waals surface area contributed by atoms with Crippen molar-refractivity contribution in [1.29, 1.82) is 5.26 Å². The molecule has 1 aromatic heterocycles. The highest BCUT2D eigenvalue weighted by Crippen LogP contribution is 2.29. The van der Waals surface area contributed by atoms with Crippen molar-refractivity contribution < 1.29 is 9.66 Å². The second-order valence-corrected chi connectivity index (χ2v) is 3.56. The largest absolute Gasteiger partial charge is 0.436 e. The van der Waals surface area contributed by atoms with Gasteiger partial charge >= 0.3 is 0 Å². The molecule has 2 rings (SSSR count). The number of hydrogen-bond acceptors (Lipinski definition) is 6. The Kier molecular flexibility index (Phi) is 3.25. The maximum atomic E-state index is 10.6. The Balaban J connectivity index is 2.39. The summed E-state index contributed by atoms with van der Waals surface area (Å²) >= 11 is 0. The van der Waals surface area contributed by atoms with Crippen molar-refractivity contribution in [3.8, 4) is 17.7 Å². The van der Waals surface area contributed by atoms with Gasteiger partial charge in [-0.25, -0.2) is 4.98 Å². The second-order valence-electron chi connectivity index (χ2n) is 3.56. The molecule has 0 radical (unpaired) electrons. The summed E-state index contributed by atoms with van der Waals surface area (Å²) in [6.45, 7) is 0. The summed E-state index contributed by atoms with van der Waals surface area (Å²) in [4.78, 5) is 13.7. The number of ether oxygens (including phenoxy) is 1. The molecule has 2 aromatic rings. The number of nitrogens with two attached hydrogens (primary N) is 1. The van der Waals surface area contributed by atoms with Crippen LogP contribution in [-0.4, -0.2) is 9.91 Å². The summed E-state index contributed by atoms with van der Waals surface area (Å²) in [6, 6.07) is 9.58. The van der Waals surface area contributed by atoms with Crippen molar-refractivity contribution in [3.63, 3.8) is 0 Å². The van der Waals surface area contributed by atoms with Crippen molar-refractivity contribution in [2.24, 2.45) is 0 Å². The number of nitro groups is 1. The van der Waals surface area contributed by atoms with Crippen LogP contribution in [-0.2, 0) is 0 Å². The molecule has 7 nitrogen and oxygen atoms in total. The van der Waals surface area contributed by atoms with Gasteiger partial charge in [0.2, 0.25) is 5.88 Å². The highest BCUT2D eigenvalue weighted by atomic mass is 16.6. The number of nitrogens with zero attached hydrogens (tertiary/aromatic N) is 3. The predicted molar refractivity (Wildman–Crippen MR) is 66.5 cm³/mol. The molecule has 0 aliphatic carbocycles. The van der Waals surface area contributed by atoms with Crippen LogP contribution < -0.4 is 10.5 Å². The molecule has 0 unspecified atom stereocenters. The topological polar surface area (TPSA) is 115 Å². The van der Waals surface area contributed by atoms with Gasteiger partial charge in [-0.1, -0.05) is 12.1 Å². The minimum atomic E-state index is -0.630. The van der Waals surface area contributed by atoms with Crippen LogP contribution in [0.4, 0.5) is 11.4 Å². The van der Waals surface area contributed by atoms with Crippen molar-refractivity contribution in [2.45, 2.75) is 0 Å². The SMILES string of the molecule is N#Cc1cc([N+](=O)[O-])cnc1Oc1ccccc1N. The van der Waals surface area contributed by atoms with Gasteiger partial charge in [-0.2, -0.15) is 5.26 Å². The lowest BCUT2D eigenvalue weighted by molar-refractivity contribution is -0.385. The van der Waals surface area contributed by atoms with Crippen molar-refractivity contribution >= 4 is 11.4 Å². The molecule has 94 valence electrons. The summed E-state index contributed by atoms with van der Waals surface area (Å²) < 4.78 is 5.38. The minimum absolute atomic E-state index is 0.0222. The van der Waals surface area contributed by atoms with E-state index in [0.29, 0.717) is 11.4 Å². The molecule has 7 heteroatoms. The van der Waals surface area contributed by atoms with Crippen molar-refractivity contribution in [3.05, 3.63) is 52.2 Å². The molecule has 2 N–H and O–H groups in total. The molecule has 0 fully saturated rings. The number of benzene rings is 1. The Bertz CT molecular complexity index is 679. The smallest absolute Gasteiger partial charge is 0.289 e. The maximum absolute atomic E-state index is 10.6. The molecule has 1 aromatic carbocycles. The monoisotopic (exact) mass is 256 g/mol. The zero-order valence-corrected chi connectivity index (χ0v) is 9.61. The lowest BCUT2D eigenvalue weighted by Crippen LogP contribution is -1.97. The number of nitrogen functional groups attached to an aromatic ring is 1. The summed E-state index contributed by atoms with van der Waals surface area (Å²) in [7, 11) is 0. The van der Waals surface area contributed by atoms with Gasteiger partial charge in [-0.05, 0) is 12.1 Å². The Labute approximate surface area is 108 Å². The van der Waals surface area contributed by atoms with Crippen LogP contribution in [0.1, 0.15) is 5.56 Å². The van der Waals surface area contributed by atoms with Gasteiger partial charge in [0, 0.05) is 6.07 Å². The normalized spacial score (nSPS) is 9.63. The first-order valence-corrected chi connectivity index (χ1v) is 5.18. The van der Waals surface area contributed by atoms with E-state index in [-0.39, 0.29) is 17.1 Å². The van der Waals surface area contributed by atoms with E-state index in [1.807, 2.05) is 0 Å². The summed E-state index contributed by atoms with van der Waals surface area (Å²) in [5, 5.41) is 19.5. The van der Waals surface area contributed by atoms with Gasteiger partial charge in [0.25, 0.3) is 5.69 Å². The molecule has 19 heavy (non-hydrogen) atoms. The van der Waals surface area contributed by atoms with Crippen LogP contribution in [0.15, 0.2) is 36.5 Å². The van der Waals surface area contributed by atoms with Crippen LogP contribution in [0, 0.1) is 21.4 Å². The average Bonchev–Trinajstić information content (AvgIpc) is 2.41. The number of aromatic nitrogens is 1. The summed E-state index contributed by atoms with van der Waals surface area (Å²) in [5.41, 5.74) is 5.77. The van der Waals surface area contributed by atoms with E-state index in [4.69, 9.17) is 15.7 Å². The highest BCUT2D eigenvalue weighted by Gasteiger charge is 2.14. The molecular weight excluding hydrogens is 248 g/mol. The lowest BCUT2D eigenvalue weighted by Gasteiger charge is -2.07. The Hall–Kier alpha value is -3.14. The summed E-state index contributed by atoms with van der Waals surface area (Å²) in [6.07, 6.45) is 1.02. The first-order chi connectivity index (χ1) is 9.11. The number of rotatable bonds is 3. The molecule has 0 aliphatic heterocycles. The van der Waals surface area contributed by atoms with E-state index < -0.39 is 4.92 Å². The first-order valence-electron chi connectivity index (χ1n) is 5.18. The second kappa shape index (κ2) is 5.01. The molecule has 0 bridgehead atoms. The highest BCUT2D eigenvalue weighted by molar-refractivity contribution is 5.55. The van der Waals surface area contributed by atoms with Gasteiger partial charge in [0.15, 0.2) is 5.75 Å². The Morgan fingerprint density at radius 3 is 2.79 bits per heavy atom. The molecular formula is C12H8N4O3. The number of hydrogen-bond donors (Lipinski definition) is 1. The third-order valence-electron chi connectivity index (χ3n) is 2.29. The van der Waals surface area contributed by atoms with Crippen LogP contribution in [0.3, 0.4) is 0 Å². The van der Waals surface area contributed by atoms with Gasteiger partial charge in [0.05, 0.1) is 10.6 Å². The number of pyridine rings is 1. The van der Waals surface area contributed by atoms with Crippen molar-refractivity contribution in [1.82, 2.24) is 4.98 Å². The van der Waals surface area contributed by atoms with E-state index in [1.54, 1.807) is 30.3 Å². The van der Waals surface area contributed by atoms with Gasteiger partial charge in [-0.15, -0.1) is 0 Å². The molecule has 0 saturated carbocycles. The van der Waals surface area contributed by atoms with Crippen LogP contribution in [0.5, 0.6) is 11.6 Å². The van der Waals surface area contributed by atoms with E-state index in [1.165, 1.54) is 0 Å². The van der Waals surface area contributed by atoms with Gasteiger partial charge in [-0.3, -0.25) is 10.1 Å². The van der Waals surface area contributed by atoms with Crippen LogP contribution in [0.2, 0.25) is 0 Å². The van der Waals surface area contributed by atoms with Crippen molar-refractivity contribution in [2.75, 3.05) is 5.73 Å². The Morgan fingerprint density at radius 1 is 1.42 bits per heavy atom. The fourth-order valence-corrected chi connectivity index (χ4v) is 1.38. The predicted octanol–water partition coefficient (Wildman–Crippen LogP) is 2.24. The van der Waals surface area contributed by atoms with Crippen LogP contribution >= 0.6 is 0 Å². The Morgan fingerprint density at radius 2 is 2.16 bits per heavy atom. The fourth-order valence-electron chi connectivity index (χ4n) is 1.38. The van der Waals surface area contributed by atoms with E-state index in [0.717, 1.165) is 12.3 Å². The van der Waals surface area contributed by atoms with Gasteiger partial charge < -0.3 is 10.5 Å². The van der Waals surface area contributed by atoms with E-state index in [9.17, 15) is 10.1 Å². The molecule has 0 aliphatic rings. The molecule has 0 spiro atoms. The average molecular weight is 256 g/mol. The molecule has 0 saturated heterocycles. The first kappa shape index (κ1) is 12.3. The molecule has 1 heterocycles. The van der Waals surface area contributed by atoms with Crippen LogP contribution in [0.25, 0.3) is 0 Å². The number of anilines is 1.